The van der Waals surface area contributed by atoms with E-state index in [1.807, 2.05) is 20.8 Å². The summed E-state index contributed by atoms with van der Waals surface area (Å²) in [7, 11) is 0. The lowest BCUT2D eigenvalue weighted by Gasteiger charge is -2.07. The van der Waals surface area contributed by atoms with Crippen LogP contribution in [0.5, 0.6) is 0 Å². The Balaban J connectivity index is 2.56. The summed E-state index contributed by atoms with van der Waals surface area (Å²) in [5, 5.41) is 3.25. The average molecular weight is 250 g/mol. The normalized spacial score (nSPS) is 10.6. The second-order valence-electron chi connectivity index (χ2n) is 4.12. The molecule has 2 aromatic rings. The zero-order valence-electron chi connectivity index (χ0n) is 9.87. The van der Waals surface area contributed by atoms with Gasteiger partial charge in [-0.25, -0.2) is 0 Å². The van der Waals surface area contributed by atoms with Gasteiger partial charge >= 0.3 is 0 Å². The van der Waals surface area contributed by atoms with Gasteiger partial charge in [0.2, 0.25) is 5.76 Å². The van der Waals surface area contributed by atoms with E-state index in [4.69, 9.17) is 16.1 Å². The molecule has 1 heterocycles. The minimum atomic E-state index is -0.633. The molecular formula is C13H12ClNO2. The summed E-state index contributed by atoms with van der Waals surface area (Å²) in [6, 6.07) is 5.71. The Hall–Kier alpha value is -1.61. The molecule has 0 fully saturated rings. The van der Waals surface area contributed by atoms with Crippen molar-refractivity contribution >= 4 is 16.8 Å². The molecule has 3 nitrogen and oxygen atoms in total. The molecule has 0 aliphatic heterocycles. The summed E-state index contributed by atoms with van der Waals surface area (Å²) in [5.74, 6) is 0.0704. The van der Waals surface area contributed by atoms with Gasteiger partial charge in [-0.2, -0.15) is 0 Å². The van der Waals surface area contributed by atoms with E-state index < -0.39 is 5.24 Å². The number of aryl methyl sites for hydroxylation is 3. The molecule has 0 aliphatic carbocycles. The van der Waals surface area contributed by atoms with Crippen LogP contribution in [0.1, 0.15) is 27.2 Å². The number of halogens is 1. The minimum absolute atomic E-state index is 0.0704. The summed E-state index contributed by atoms with van der Waals surface area (Å²) in [6.07, 6.45) is 0. The van der Waals surface area contributed by atoms with Gasteiger partial charge in [-0.1, -0.05) is 22.9 Å². The molecule has 1 aromatic carbocycles. The highest BCUT2D eigenvalue weighted by atomic mass is 35.5. The predicted octanol–water partition coefficient (Wildman–Crippen LogP) is 3.65. The van der Waals surface area contributed by atoms with Gasteiger partial charge in [-0.05, 0) is 43.5 Å². The fourth-order valence-corrected chi connectivity index (χ4v) is 2.16. The number of rotatable bonds is 2. The zero-order chi connectivity index (χ0) is 12.6. The number of carbonyl (C=O) groups is 1. The largest absolute Gasteiger partial charge is 0.351 e. The fourth-order valence-electron chi connectivity index (χ4n) is 2.07. The Morgan fingerprint density at radius 2 is 1.76 bits per heavy atom. The second kappa shape index (κ2) is 4.34. The third-order valence-electron chi connectivity index (χ3n) is 2.64. The van der Waals surface area contributed by atoms with Crippen LogP contribution in [0.25, 0.3) is 11.3 Å². The number of aromatic nitrogens is 1. The minimum Gasteiger partial charge on any atom is -0.351 e. The molecule has 17 heavy (non-hydrogen) atoms. The predicted molar refractivity (Wildman–Crippen MR) is 66.3 cm³/mol. The number of nitrogens with zero attached hydrogens (tertiary/aromatic N) is 1. The van der Waals surface area contributed by atoms with Crippen LogP contribution < -0.4 is 0 Å². The first-order valence-corrected chi connectivity index (χ1v) is 5.61. The number of hydrogen-bond acceptors (Lipinski definition) is 3. The molecule has 2 rings (SSSR count). The maximum atomic E-state index is 10.9. The van der Waals surface area contributed by atoms with Crippen molar-refractivity contribution in [2.45, 2.75) is 20.8 Å². The van der Waals surface area contributed by atoms with Gasteiger partial charge in [0.05, 0.1) is 0 Å². The maximum Gasteiger partial charge on any atom is 0.290 e. The quantitative estimate of drug-likeness (QED) is 0.763. The van der Waals surface area contributed by atoms with Gasteiger partial charge in [0, 0.05) is 11.6 Å². The number of hydrogen-bond donors (Lipinski definition) is 0. The van der Waals surface area contributed by atoms with Crippen molar-refractivity contribution in [1.29, 1.82) is 0 Å². The van der Waals surface area contributed by atoms with Gasteiger partial charge in [0.1, 0.15) is 5.69 Å². The lowest BCUT2D eigenvalue weighted by molar-refractivity contribution is 0.104. The molecule has 0 aliphatic rings. The van der Waals surface area contributed by atoms with Gasteiger partial charge in [-0.3, -0.25) is 4.79 Å². The van der Waals surface area contributed by atoms with Gasteiger partial charge in [0.15, 0.2) is 0 Å². The highest BCUT2D eigenvalue weighted by Gasteiger charge is 2.14. The third-order valence-corrected chi connectivity index (χ3v) is 2.82. The van der Waals surface area contributed by atoms with Crippen molar-refractivity contribution in [2.24, 2.45) is 0 Å². The van der Waals surface area contributed by atoms with Crippen molar-refractivity contribution in [3.05, 3.63) is 40.6 Å². The highest BCUT2D eigenvalue weighted by molar-refractivity contribution is 6.67. The maximum absolute atomic E-state index is 10.9. The summed E-state index contributed by atoms with van der Waals surface area (Å²) in [4.78, 5) is 10.9. The molecule has 0 unspecified atom stereocenters. The van der Waals surface area contributed by atoms with Crippen molar-refractivity contribution in [3.63, 3.8) is 0 Å². The molecular weight excluding hydrogens is 238 g/mol. The van der Waals surface area contributed by atoms with Crippen molar-refractivity contribution < 1.29 is 9.32 Å². The summed E-state index contributed by atoms with van der Waals surface area (Å²) in [5.41, 5.74) is 5.03. The van der Waals surface area contributed by atoms with Crippen molar-refractivity contribution in [1.82, 2.24) is 5.16 Å². The average Bonchev–Trinajstić information content (AvgIpc) is 2.65. The van der Waals surface area contributed by atoms with E-state index in [9.17, 15) is 4.79 Å². The summed E-state index contributed by atoms with van der Waals surface area (Å²) >= 11 is 5.34. The second-order valence-corrected chi connectivity index (χ2v) is 4.47. The Morgan fingerprint density at radius 1 is 1.18 bits per heavy atom. The van der Waals surface area contributed by atoms with Crippen LogP contribution in [-0.2, 0) is 0 Å². The topological polar surface area (TPSA) is 43.1 Å². The van der Waals surface area contributed by atoms with Gasteiger partial charge in [-0.15, -0.1) is 0 Å². The standard InChI is InChI=1S/C13H12ClNO2/c1-7-4-8(2)12(9(3)5-7)10-6-11(13(14)16)17-15-10/h4-6H,1-3H3. The van der Waals surface area contributed by atoms with Gasteiger partial charge in [0.25, 0.3) is 5.24 Å². The molecule has 0 radical (unpaired) electrons. The molecule has 0 amide bonds. The van der Waals surface area contributed by atoms with Crippen LogP contribution in [0.15, 0.2) is 22.7 Å². The molecule has 4 heteroatoms. The van der Waals surface area contributed by atoms with Crippen LogP contribution >= 0.6 is 11.6 Å². The first-order chi connectivity index (χ1) is 7.99. The van der Waals surface area contributed by atoms with Crippen LogP contribution in [0.4, 0.5) is 0 Å². The Bertz CT molecular complexity index is 564. The molecule has 88 valence electrons. The number of carbonyl (C=O) groups excluding carboxylic acids is 1. The molecule has 1 aromatic heterocycles. The lowest BCUT2D eigenvalue weighted by Crippen LogP contribution is -1.90. The first-order valence-electron chi connectivity index (χ1n) is 5.24. The monoisotopic (exact) mass is 249 g/mol. The summed E-state index contributed by atoms with van der Waals surface area (Å²) in [6.45, 7) is 6.05. The van der Waals surface area contributed by atoms with Crippen molar-refractivity contribution in [3.8, 4) is 11.3 Å². The Morgan fingerprint density at radius 3 is 2.24 bits per heavy atom. The molecule has 0 atom stereocenters. The smallest absolute Gasteiger partial charge is 0.290 e. The molecule has 0 bridgehead atoms. The molecule has 0 spiro atoms. The van der Waals surface area contributed by atoms with Crippen LogP contribution in [-0.4, -0.2) is 10.4 Å². The van der Waals surface area contributed by atoms with E-state index in [1.54, 1.807) is 6.07 Å². The lowest BCUT2D eigenvalue weighted by atomic mass is 9.97. The molecule has 0 saturated carbocycles. The van der Waals surface area contributed by atoms with Crippen LogP contribution in [0.3, 0.4) is 0 Å². The van der Waals surface area contributed by atoms with Crippen molar-refractivity contribution in [2.75, 3.05) is 0 Å². The van der Waals surface area contributed by atoms with E-state index in [0.29, 0.717) is 5.69 Å². The molecule has 0 N–H and O–H groups in total. The first kappa shape index (κ1) is 11.9. The van der Waals surface area contributed by atoms with E-state index in [1.165, 1.54) is 5.56 Å². The van der Waals surface area contributed by atoms with E-state index in [2.05, 4.69) is 17.3 Å². The third kappa shape index (κ3) is 2.24. The highest BCUT2D eigenvalue weighted by Crippen LogP contribution is 2.28. The Labute approximate surface area is 104 Å². The zero-order valence-corrected chi connectivity index (χ0v) is 10.6. The van der Waals surface area contributed by atoms with E-state index in [0.717, 1.165) is 16.7 Å². The van der Waals surface area contributed by atoms with Crippen LogP contribution in [0, 0.1) is 20.8 Å². The molecule has 0 saturated heterocycles. The Kier molecular flexibility index (Phi) is 3.03. The fraction of sp³-hybridized carbons (Fsp3) is 0.231. The summed E-state index contributed by atoms with van der Waals surface area (Å²) < 4.78 is 4.89. The van der Waals surface area contributed by atoms with Crippen LogP contribution in [0.2, 0.25) is 0 Å². The van der Waals surface area contributed by atoms with E-state index >= 15 is 0 Å². The van der Waals surface area contributed by atoms with Gasteiger partial charge < -0.3 is 4.52 Å². The van der Waals surface area contributed by atoms with E-state index in [-0.39, 0.29) is 5.76 Å². The number of benzene rings is 1. The SMILES string of the molecule is Cc1cc(C)c(-c2cc(C(=O)Cl)on2)c(C)c1.